The molecule has 2 rings (SSSR count). The van der Waals surface area contributed by atoms with Crippen molar-refractivity contribution in [3.63, 3.8) is 0 Å². The van der Waals surface area contributed by atoms with Crippen molar-refractivity contribution in [2.45, 2.75) is 57.8 Å². The number of hydrogen-bond donors (Lipinski definition) is 1. The van der Waals surface area contributed by atoms with Crippen LogP contribution >= 0.6 is 0 Å². The molecule has 124 valence electrons. The predicted octanol–water partition coefficient (Wildman–Crippen LogP) is 1.81. The summed E-state index contributed by atoms with van der Waals surface area (Å²) < 4.78 is 6.20. The summed E-state index contributed by atoms with van der Waals surface area (Å²) in [6.07, 6.45) is 4.60. The molecule has 0 amide bonds. The van der Waals surface area contributed by atoms with Crippen molar-refractivity contribution in [1.82, 2.24) is 15.1 Å². The maximum Gasteiger partial charge on any atom is 0.0707 e. The molecule has 0 bridgehead atoms. The van der Waals surface area contributed by atoms with Crippen LogP contribution in [0, 0.1) is 5.92 Å². The van der Waals surface area contributed by atoms with Gasteiger partial charge in [-0.05, 0) is 66.6 Å². The molecule has 0 aromatic carbocycles. The van der Waals surface area contributed by atoms with Crippen LogP contribution in [0.4, 0.5) is 0 Å². The molecule has 3 unspecified atom stereocenters. The average Bonchev–Trinajstić information content (AvgIpc) is 2.95. The Bertz CT molecular complexity index is 316. The molecule has 3 atom stereocenters. The molecule has 2 saturated heterocycles. The lowest BCUT2D eigenvalue weighted by Crippen LogP contribution is -2.41. The molecule has 21 heavy (non-hydrogen) atoms. The zero-order valence-electron chi connectivity index (χ0n) is 14.7. The summed E-state index contributed by atoms with van der Waals surface area (Å²) in [5.41, 5.74) is 0.187. The number of likely N-dealkylation sites (tertiary alicyclic amines) is 1. The molecule has 0 aromatic rings. The van der Waals surface area contributed by atoms with Crippen molar-refractivity contribution >= 4 is 0 Å². The van der Waals surface area contributed by atoms with E-state index in [1.807, 2.05) is 0 Å². The van der Waals surface area contributed by atoms with Crippen molar-refractivity contribution in [2.75, 3.05) is 46.8 Å². The van der Waals surface area contributed by atoms with E-state index >= 15 is 0 Å². The van der Waals surface area contributed by atoms with Crippen molar-refractivity contribution in [3.8, 4) is 0 Å². The highest BCUT2D eigenvalue weighted by atomic mass is 16.5. The number of rotatable bonds is 6. The Kier molecular flexibility index (Phi) is 6.06. The third-order valence-corrected chi connectivity index (χ3v) is 4.63. The van der Waals surface area contributed by atoms with Gasteiger partial charge in [-0.25, -0.2) is 0 Å². The molecule has 0 aliphatic carbocycles. The number of hydrogen-bond acceptors (Lipinski definition) is 4. The van der Waals surface area contributed by atoms with Crippen LogP contribution in [0.15, 0.2) is 0 Å². The molecule has 0 spiro atoms. The van der Waals surface area contributed by atoms with Gasteiger partial charge in [0.05, 0.1) is 12.2 Å². The second kappa shape index (κ2) is 7.40. The molecule has 0 radical (unpaired) electrons. The van der Waals surface area contributed by atoms with Gasteiger partial charge in [0.2, 0.25) is 0 Å². The number of ether oxygens (including phenoxy) is 1. The highest BCUT2D eigenvalue weighted by Gasteiger charge is 2.28. The molecule has 2 heterocycles. The van der Waals surface area contributed by atoms with Crippen LogP contribution in [-0.2, 0) is 4.74 Å². The first kappa shape index (κ1) is 17.2. The monoisotopic (exact) mass is 297 g/mol. The molecule has 2 fully saturated rings. The standard InChI is InChI=1S/C17H35N3O/c1-17(2,3)18-10-15-6-7-16(21-15)13-20(5)12-14-8-9-19(4)11-14/h14-16,18H,6-13H2,1-5H3. The lowest BCUT2D eigenvalue weighted by atomic mass is 10.1. The third kappa shape index (κ3) is 6.23. The summed E-state index contributed by atoms with van der Waals surface area (Å²) in [6.45, 7) is 12.5. The van der Waals surface area contributed by atoms with Crippen LogP contribution in [0.25, 0.3) is 0 Å². The summed E-state index contributed by atoms with van der Waals surface area (Å²) in [6, 6.07) is 0. The molecule has 2 aliphatic rings. The third-order valence-electron chi connectivity index (χ3n) is 4.63. The number of nitrogens with zero attached hydrogens (tertiary/aromatic N) is 2. The number of nitrogens with one attached hydrogen (secondary N) is 1. The minimum Gasteiger partial charge on any atom is -0.372 e. The van der Waals surface area contributed by atoms with Gasteiger partial charge in [0.1, 0.15) is 0 Å². The fourth-order valence-electron chi connectivity index (χ4n) is 3.52. The van der Waals surface area contributed by atoms with Gasteiger partial charge in [-0.3, -0.25) is 0 Å². The van der Waals surface area contributed by atoms with Gasteiger partial charge in [-0.15, -0.1) is 0 Å². The van der Waals surface area contributed by atoms with Crippen LogP contribution in [-0.4, -0.2) is 74.4 Å². The normalized spacial score (nSPS) is 31.4. The lowest BCUT2D eigenvalue weighted by Gasteiger charge is -2.25. The second-order valence-electron chi connectivity index (χ2n) is 8.23. The van der Waals surface area contributed by atoms with Crippen molar-refractivity contribution in [2.24, 2.45) is 5.92 Å². The van der Waals surface area contributed by atoms with E-state index in [4.69, 9.17) is 4.74 Å². The van der Waals surface area contributed by atoms with Gasteiger partial charge in [-0.2, -0.15) is 0 Å². The van der Waals surface area contributed by atoms with Gasteiger partial charge in [-0.1, -0.05) is 0 Å². The van der Waals surface area contributed by atoms with Gasteiger partial charge < -0.3 is 19.9 Å². The van der Waals surface area contributed by atoms with Crippen LogP contribution < -0.4 is 5.32 Å². The van der Waals surface area contributed by atoms with Crippen LogP contribution in [0.5, 0.6) is 0 Å². The molecule has 2 aliphatic heterocycles. The maximum atomic E-state index is 6.20. The van der Waals surface area contributed by atoms with Crippen molar-refractivity contribution < 1.29 is 4.74 Å². The molecular formula is C17H35N3O. The molecule has 4 nitrogen and oxygen atoms in total. The summed E-state index contributed by atoms with van der Waals surface area (Å²) in [4.78, 5) is 4.92. The fourth-order valence-corrected chi connectivity index (χ4v) is 3.52. The topological polar surface area (TPSA) is 27.7 Å². The minimum absolute atomic E-state index is 0.187. The molecule has 1 N–H and O–H groups in total. The SMILES string of the molecule is CN1CCC(CN(C)CC2CCC(CNC(C)(C)C)O2)C1. The van der Waals surface area contributed by atoms with Crippen molar-refractivity contribution in [3.05, 3.63) is 0 Å². The summed E-state index contributed by atoms with van der Waals surface area (Å²) in [5.74, 6) is 0.847. The average molecular weight is 297 g/mol. The second-order valence-corrected chi connectivity index (χ2v) is 8.23. The highest BCUT2D eigenvalue weighted by molar-refractivity contribution is 4.82. The Labute approximate surface area is 131 Å². The first-order valence-electron chi connectivity index (χ1n) is 8.59. The van der Waals surface area contributed by atoms with E-state index in [2.05, 4.69) is 50.0 Å². The van der Waals surface area contributed by atoms with E-state index < -0.39 is 0 Å². The van der Waals surface area contributed by atoms with Crippen LogP contribution in [0.1, 0.15) is 40.0 Å². The van der Waals surface area contributed by atoms with Crippen LogP contribution in [0.3, 0.4) is 0 Å². The summed E-state index contributed by atoms with van der Waals surface area (Å²) in [7, 11) is 4.48. The minimum atomic E-state index is 0.187. The molecule has 4 heteroatoms. The van der Waals surface area contributed by atoms with E-state index in [0.29, 0.717) is 12.2 Å². The summed E-state index contributed by atoms with van der Waals surface area (Å²) in [5, 5.41) is 3.56. The van der Waals surface area contributed by atoms with Gasteiger partial charge in [0.15, 0.2) is 0 Å². The molecule has 0 aromatic heterocycles. The zero-order chi connectivity index (χ0) is 15.5. The largest absolute Gasteiger partial charge is 0.372 e. The van der Waals surface area contributed by atoms with Gasteiger partial charge in [0.25, 0.3) is 0 Å². The maximum absolute atomic E-state index is 6.20. The van der Waals surface area contributed by atoms with Crippen LogP contribution in [0.2, 0.25) is 0 Å². The zero-order valence-corrected chi connectivity index (χ0v) is 14.7. The van der Waals surface area contributed by atoms with Gasteiger partial charge in [0, 0.05) is 31.7 Å². The van der Waals surface area contributed by atoms with E-state index in [1.165, 1.54) is 38.9 Å². The predicted molar refractivity (Wildman–Crippen MR) is 88.8 cm³/mol. The Hall–Kier alpha value is -0.160. The van der Waals surface area contributed by atoms with E-state index in [-0.39, 0.29) is 5.54 Å². The smallest absolute Gasteiger partial charge is 0.0707 e. The highest BCUT2D eigenvalue weighted by Crippen LogP contribution is 2.21. The Morgan fingerprint density at radius 2 is 1.86 bits per heavy atom. The van der Waals surface area contributed by atoms with E-state index in [9.17, 15) is 0 Å². The molecular weight excluding hydrogens is 262 g/mol. The Morgan fingerprint density at radius 1 is 1.14 bits per heavy atom. The first-order chi connectivity index (χ1) is 9.82. The summed E-state index contributed by atoms with van der Waals surface area (Å²) >= 11 is 0. The lowest BCUT2D eigenvalue weighted by molar-refractivity contribution is 0.0232. The van der Waals surface area contributed by atoms with Gasteiger partial charge >= 0.3 is 0 Å². The quantitative estimate of drug-likeness (QED) is 0.809. The van der Waals surface area contributed by atoms with E-state index in [0.717, 1.165) is 19.0 Å². The van der Waals surface area contributed by atoms with E-state index in [1.54, 1.807) is 0 Å². The first-order valence-corrected chi connectivity index (χ1v) is 8.59. The van der Waals surface area contributed by atoms with Crippen molar-refractivity contribution in [1.29, 1.82) is 0 Å². The molecule has 0 saturated carbocycles. The Balaban J connectivity index is 1.63. The number of likely N-dealkylation sites (N-methyl/N-ethyl adjacent to an activating group) is 1. The fraction of sp³-hybridized carbons (Fsp3) is 1.00. The Morgan fingerprint density at radius 3 is 2.48 bits per heavy atom.